The molecule has 0 saturated carbocycles. The molecule has 1 aromatic carbocycles. The smallest absolute Gasteiger partial charge is 0.335 e. The Morgan fingerprint density at radius 2 is 1.61 bits per heavy atom. The van der Waals surface area contributed by atoms with Gasteiger partial charge in [-0.2, -0.15) is 0 Å². The Balaban J connectivity index is 2.67. The van der Waals surface area contributed by atoms with Crippen LogP contribution >= 0.6 is 0 Å². The molecule has 0 bridgehead atoms. The maximum atomic E-state index is 12.4. The highest BCUT2D eigenvalue weighted by Crippen LogP contribution is 2.24. The van der Waals surface area contributed by atoms with Crippen molar-refractivity contribution in [3.8, 4) is 0 Å². The Morgan fingerprint density at radius 3 is 2.04 bits per heavy atom. The maximum Gasteiger partial charge on any atom is 0.335 e. The Kier molecular flexibility index (Phi) is 7.23. The first kappa shape index (κ1) is 19.2. The van der Waals surface area contributed by atoms with Crippen molar-refractivity contribution in [1.82, 2.24) is 4.90 Å². The summed E-state index contributed by atoms with van der Waals surface area (Å²) in [5.41, 5.74) is 0.158. The highest BCUT2D eigenvalue weighted by atomic mass is 16.4. The van der Waals surface area contributed by atoms with Crippen LogP contribution in [-0.2, 0) is 11.3 Å². The zero-order valence-electron chi connectivity index (χ0n) is 14.2. The Morgan fingerprint density at radius 1 is 1.09 bits per heavy atom. The molecule has 5 nitrogen and oxygen atoms in total. The number of aliphatic hydroxyl groups is 1. The van der Waals surface area contributed by atoms with E-state index in [4.69, 9.17) is 5.11 Å². The molecule has 0 spiro atoms. The molecule has 1 amide bonds. The highest BCUT2D eigenvalue weighted by Gasteiger charge is 2.29. The predicted molar refractivity (Wildman–Crippen MR) is 89.3 cm³/mol. The third kappa shape index (κ3) is 6.02. The standard InChI is InChI=1S/C18H27NO4/c1-4-10-18(23,11-5-2)12-16(20)19(3)13-14-6-8-15(9-7-14)17(21)22/h6-9,23H,4-5,10-13H2,1-3H3,(H,21,22). The minimum Gasteiger partial charge on any atom is -0.478 e. The lowest BCUT2D eigenvalue weighted by Gasteiger charge is -2.29. The minimum absolute atomic E-state index is 0.100. The molecule has 0 aromatic heterocycles. The average Bonchev–Trinajstić information content (AvgIpc) is 2.47. The van der Waals surface area contributed by atoms with E-state index in [-0.39, 0.29) is 17.9 Å². The third-order valence-electron chi connectivity index (χ3n) is 3.96. The molecular weight excluding hydrogens is 294 g/mol. The van der Waals surface area contributed by atoms with Crippen LogP contribution in [0.5, 0.6) is 0 Å². The Bertz CT molecular complexity index is 518. The van der Waals surface area contributed by atoms with Crippen LogP contribution in [0.3, 0.4) is 0 Å². The number of amides is 1. The van der Waals surface area contributed by atoms with Crippen molar-refractivity contribution in [2.45, 2.75) is 58.1 Å². The zero-order chi connectivity index (χ0) is 17.5. The number of hydrogen-bond donors (Lipinski definition) is 2. The summed E-state index contributed by atoms with van der Waals surface area (Å²) in [7, 11) is 1.70. The molecule has 2 N–H and O–H groups in total. The molecule has 0 aliphatic carbocycles. The molecule has 5 heteroatoms. The number of carbonyl (C=O) groups excluding carboxylic acids is 1. The molecule has 1 aromatic rings. The van der Waals surface area contributed by atoms with E-state index in [0.717, 1.165) is 18.4 Å². The van der Waals surface area contributed by atoms with E-state index in [1.54, 1.807) is 24.1 Å². The number of benzene rings is 1. The molecule has 0 aliphatic rings. The predicted octanol–water partition coefficient (Wildman–Crippen LogP) is 3.06. The summed E-state index contributed by atoms with van der Waals surface area (Å²) in [4.78, 5) is 24.8. The Labute approximate surface area is 137 Å². The van der Waals surface area contributed by atoms with E-state index >= 15 is 0 Å². The lowest BCUT2D eigenvalue weighted by molar-refractivity contribution is -0.136. The summed E-state index contributed by atoms with van der Waals surface area (Å²) in [5, 5.41) is 19.5. The van der Waals surface area contributed by atoms with Crippen molar-refractivity contribution in [3.05, 3.63) is 35.4 Å². The first-order chi connectivity index (χ1) is 10.8. The van der Waals surface area contributed by atoms with Gasteiger partial charge in [-0.05, 0) is 30.5 Å². The summed E-state index contributed by atoms with van der Waals surface area (Å²) in [5.74, 6) is -1.07. The molecule has 0 fully saturated rings. The molecule has 0 saturated heterocycles. The summed E-state index contributed by atoms with van der Waals surface area (Å²) in [6, 6.07) is 6.47. The molecule has 0 radical (unpaired) electrons. The van der Waals surface area contributed by atoms with E-state index in [0.29, 0.717) is 19.4 Å². The number of carbonyl (C=O) groups is 2. The van der Waals surface area contributed by atoms with E-state index in [9.17, 15) is 14.7 Å². The number of rotatable bonds is 9. The normalized spacial score (nSPS) is 11.3. The Hall–Kier alpha value is -1.88. The van der Waals surface area contributed by atoms with Gasteiger partial charge in [0.15, 0.2) is 0 Å². The second-order valence-corrected chi connectivity index (χ2v) is 6.15. The molecule has 23 heavy (non-hydrogen) atoms. The first-order valence-corrected chi connectivity index (χ1v) is 8.10. The van der Waals surface area contributed by atoms with Crippen LogP contribution in [0.25, 0.3) is 0 Å². The van der Waals surface area contributed by atoms with Crippen LogP contribution in [0.15, 0.2) is 24.3 Å². The number of aromatic carboxylic acids is 1. The molecule has 0 atom stereocenters. The van der Waals surface area contributed by atoms with E-state index in [2.05, 4.69) is 0 Å². The lowest BCUT2D eigenvalue weighted by atomic mass is 9.89. The van der Waals surface area contributed by atoms with Crippen LogP contribution < -0.4 is 0 Å². The minimum atomic E-state index is -0.967. The fraction of sp³-hybridized carbons (Fsp3) is 0.556. The maximum absolute atomic E-state index is 12.4. The van der Waals surface area contributed by atoms with Gasteiger partial charge in [-0.3, -0.25) is 4.79 Å². The lowest BCUT2D eigenvalue weighted by Crippen LogP contribution is -2.37. The van der Waals surface area contributed by atoms with Gasteiger partial charge in [0.2, 0.25) is 5.91 Å². The number of hydrogen-bond acceptors (Lipinski definition) is 3. The highest BCUT2D eigenvalue weighted by molar-refractivity contribution is 5.87. The van der Waals surface area contributed by atoms with Crippen molar-refractivity contribution >= 4 is 11.9 Å². The van der Waals surface area contributed by atoms with Crippen LogP contribution in [0.2, 0.25) is 0 Å². The number of nitrogens with zero attached hydrogens (tertiary/aromatic N) is 1. The molecule has 0 aliphatic heterocycles. The quantitative estimate of drug-likeness (QED) is 0.733. The van der Waals surface area contributed by atoms with Crippen molar-refractivity contribution in [2.75, 3.05) is 7.05 Å². The van der Waals surface area contributed by atoms with Gasteiger partial charge in [0, 0.05) is 13.6 Å². The van der Waals surface area contributed by atoms with Crippen molar-refractivity contribution < 1.29 is 19.8 Å². The van der Waals surface area contributed by atoms with E-state index in [1.165, 1.54) is 12.1 Å². The van der Waals surface area contributed by atoms with Crippen LogP contribution in [-0.4, -0.2) is 39.6 Å². The van der Waals surface area contributed by atoms with E-state index in [1.807, 2.05) is 13.8 Å². The molecule has 0 unspecified atom stereocenters. The molecule has 0 heterocycles. The number of carboxylic acids is 1. The summed E-state index contributed by atoms with van der Waals surface area (Å²) in [6.07, 6.45) is 3.04. The largest absolute Gasteiger partial charge is 0.478 e. The number of carboxylic acid groups (broad SMARTS) is 1. The summed E-state index contributed by atoms with van der Waals surface area (Å²) in [6.45, 7) is 4.39. The van der Waals surface area contributed by atoms with Crippen molar-refractivity contribution in [1.29, 1.82) is 0 Å². The monoisotopic (exact) mass is 321 g/mol. The van der Waals surface area contributed by atoms with Gasteiger partial charge in [-0.25, -0.2) is 4.79 Å². The summed E-state index contributed by atoms with van der Waals surface area (Å²) < 4.78 is 0. The topological polar surface area (TPSA) is 77.8 Å². The van der Waals surface area contributed by atoms with Crippen molar-refractivity contribution in [3.63, 3.8) is 0 Å². The van der Waals surface area contributed by atoms with Crippen LogP contribution in [0.1, 0.15) is 61.9 Å². The fourth-order valence-corrected chi connectivity index (χ4v) is 2.76. The van der Waals surface area contributed by atoms with E-state index < -0.39 is 11.6 Å². The molecule has 1 rings (SSSR count). The van der Waals surface area contributed by atoms with Gasteiger partial charge in [0.25, 0.3) is 0 Å². The van der Waals surface area contributed by atoms with Crippen LogP contribution in [0, 0.1) is 0 Å². The van der Waals surface area contributed by atoms with Gasteiger partial charge in [-0.15, -0.1) is 0 Å². The van der Waals surface area contributed by atoms with Gasteiger partial charge in [-0.1, -0.05) is 38.8 Å². The molecule has 128 valence electrons. The first-order valence-electron chi connectivity index (χ1n) is 8.10. The fourth-order valence-electron chi connectivity index (χ4n) is 2.76. The average molecular weight is 321 g/mol. The second-order valence-electron chi connectivity index (χ2n) is 6.15. The van der Waals surface area contributed by atoms with Gasteiger partial charge < -0.3 is 15.1 Å². The molecular formula is C18H27NO4. The SMILES string of the molecule is CCCC(O)(CCC)CC(=O)N(C)Cc1ccc(C(=O)O)cc1. The van der Waals surface area contributed by atoms with Crippen molar-refractivity contribution in [2.24, 2.45) is 0 Å². The zero-order valence-corrected chi connectivity index (χ0v) is 14.2. The summed E-state index contributed by atoms with van der Waals surface area (Å²) >= 11 is 0. The van der Waals surface area contributed by atoms with Crippen LogP contribution in [0.4, 0.5) is 0 Å². The van der Waals surface area contributed by atoms with Gasteiger partial charge >= 0.3 is 5.97 Å². The van der Waals surface area contributed by atoms with Gasteiger partial charge in [0.1, 0.15) is 0 Å². The third-order valence-corrected chi connectivity index (χ3v) is 3.96. The second kappa shape index (κ2) is 8.67. The van der Waals surface area contributed by atoms with Gasteiger partial charge in [0.05, 0.1) is 17.6 Å².